The molecule has 144 valence electrons. The van der Waals surface area contributed by atoms with Gasteiger partial charge in [-0.3, -0.25) is 14.7 Å². The molecule has 1 amide bonds. The van der Waals surface area contributed by atoms with E-state index in [1.165, 1.54) is 31.4 Å². The predicted octanol–water partition coefficient (Wildman–Crippen LogP) is 2.19. The highest BCUT2D eigenvalue weighted by atomic mass is 19.1. The average molecular weight is 363 g/mol. The van der Waals surface area contributed by atoms with E-state index < -0.39 is 0 Å². The Hall–Kier alpha value is -2.15. The summed E-state index contributed by atoms with van der Waals surface area (Å²) in [5.41, 5.74) is 0.452. The molecule has 0 atom stereocenters. The summed E-state index contributed by atoms with van der Waals surface area (Å²) < 4.78 is 13.2. The van der Waals surface area contributed by atoms with Gasteiger partial charge in [0, 0.05) is 24.8 Å². The Morgan fingerprint density at radius 1 is 1.23 bits per heavy atom. The number of carbonyl (C=O) groups excluding carboxylic acids is 1. The molecule has 0 bridgehead atoms. The maximum absolute atomic E-state index is 13.2. The van der Waals surface area contributed by atoms with Crippen LogP contribution >= 0.6 is 0 Å². The highest BCUT2D eigenvalue weighted by Crippen LogP contribution is 2.19. The Kier molecular flexibility index (Phi) is 7.38. The van der Waals surface area contributed by atoms with Gasteiger partial charge in [0.2, 0.25) is 5.91 Å². The number of likely N-dealkylation sites (tertiary alicyclic amines) is 1. The van der Waals surface area contributed by atoms with Crippen LogP contribution in [0.25, 0.3) is 0 Å². The van der Waals surface area contributed by atoms with Gasteiger partial charge in [-0.1, -0.05) is 12.5 Å². The number of nitrogens with one attached hydrogen (secondary N) is 3. The number of rotatable bonds is 6. The number of carbonyl (C=O) groups is 1. The normalized spacial score (nSPS) is 16.2. The summed E-state index contributed by atoms with van der Waals surface area (Å²) in [6.07, 6.45) is 3.80. The molecule has 0 aliphatic carbocycles. The first-order valence-electron chi connectivity index (χ1n) is 9.16. The Bertz CT molecular complexity index is 626. The van der Waals surface area contributed by atoms with Crippen molar-refractivity contribution in [1.82, 2.24) is 15.5 Å². The molecule has 1 saturated heterocycles. The van der Waals surface area contributed by atoms with Crippen LogP contribution in [0.1, 0.15) is 33.1 Å². The quantitative estimate of drug-likeness (QED) is 0.535. The SMILES string of the molecule is CN=C(NCC(=O)Nc1cccc(F)c1)NCC(C)(C)N1CCCCC1. The summed E-state index contributed by atoms with van der Waals surface area (Å²) in [7, 11) is 1.67. The molecule has 26 heavy (non-hydrogen) atoms. The first kappa shape index (κ1) is 20.2. The van der Waals surface area contributed by atoms with Crippen molar-refractivity contribution in [2.24, 2.45) is 4.99 Å². The number of halogens is 1. The third kappa shape index (κ3) is 6.29. The molecule has 3 N–H and O–H groups in total. The van der Waals surface area contributed by atoms with Crippen molar-refractivity contribution in [3.63, 3.8) is 0 Å². The first-order chi connectivity index (χ1) is 12.4. The van der Waals surface area contributed by atoms with Crippen molar-refractivity contribution in [2.75, 3.05) is 38.5 Å². The zero-order valence-corrected chi connectivity index (χ0v) is 15.9. The second kappa shape index (κ2) is 9.52. The summed E-state index contributed by atoms with van der Waals surface area (Å²) in [4.78, 5) is 18.7. The fourth-order valence-electron chi connectivity index (χ4n) is 3.07. The molecule has 0 unspecified atom stereocenters. The third-order valence-electron chi connectivity index (χ3n) is 4.65. The molecule has 0 saturated carbocycles. The van der Waals surface area contributed by atoms with Crippen LogP contribution in [0.2, 0.25) is 0 Å². The number of anilines is 1. The average Bonchev–Trinajstić information content (AvgIpc) is 2.62. The molecule has 1 aliphatic rings. The highest BCUT2D eigenvalue weighted by Gasteiger charge is 2.27. The molecule has 1 aromatic carbocycles. The molecule has 0 radical (unpaired) electrons. The third-order valence-corrected chi connectivity index (χ3v) is 4.65. The number of guanidine groups is 1. The predicted molar refractivity (Wildman–Crippen MR) is 104 cm³/mol. The van der Waals surface area contributed by atoms with Gasteiger partial charge >= 0.3 is 0 Å². The van der Waals surface area contributed by atoms with E-state index in [1.54, 1.807) is 19.2 Å². The van der Waals surface area contributed by atoms with Gasteiger partial charge in [-0.25, -0.2) is 4.39 Å². The maximum atomic E-state index is 13.2. The highest BCUT2D eigenvalue weighted by molar-refractivity contribution is 5.94. The fraction of sp³-hybridized carbons (Fsp3) is 0.579. The van der Waals surface area contributed by atoms with Gasteiger partial charge in [0.15, 0.2) is 5.96 Å². The van der Waals surface area contributed by atoms with Crippen LogP contribution in [0.5, 0.6) is 0 Å². The lowest BCUT2D eigenvalue weighted by Gasteiger charge is -2.41. The summed E-state index contributed by atoms with van der Waals surface area (Å²) in [5, 5.41) is 8.94. The van der Waals surface area contributed by atoms with Crippen LogP contribution in [-0.4, -0.2) is 55.5 Å². The molecule has 7 heteroatoms. The van der Waals surface area contributed by atoms with E-state index in [9.17, 15) is 9.18 Å². The molecule has 1 aromatic rings. The van der Waals surface area contributed by atoms with Crippen molar-refractivity contribution in [3.8, 4) is 0 Å². The van der Waals surface area contributed by atoms with Gasteiger partial charge in [-0.05, 0) is 58.0 Å². The van der Waals surface area contributed by atoms with Gasteiger partial charge in [0.05, 0.1) is 6.54 Å². The standard InChI is InChI=1S/C19H30FN5O/c1-19(2,25-10-5-4-6-11-25)14-23-18(21-3)22-13-17(26)24-16-9-7-8-15(20)12-16/h7-9,12H,4-6,10-11,13-14H2,1-3H3,(H,24,26)(H2,21,22,23). The molecule has 1 aliphatic heterocycles. The van der Waals surface area contributed by atoms with Gasteiger partial charge in [-0.15, -0.1) is 0 Å². The summed E-state index contributed by atoms with van der Waals surface area (Å²) in [6.45, 7) is 7.47. The van der Waals surface area contributed by atoms with Crippen LogP contribution in [0.15, 0.2) is 29.3 Å². The number of amides is 1. The second-order valence-electron chi connectivity index (χ2n) is 7.20. The number of hydrogen-bond acceptors (Lipinski definition) is 3. The minimum atomic E-state index is -0.381. The summed E-state index contributed by atoms with van der Waals surface area (Å²) in [6, 6.07) is 5.83. The van der Waals surface area contributed by atoms with E-state index in [0.717, 1.165) is 19.6 Å². The fourth-order valence-corrected chi connectivity index (χ4v) is 3.07. The van der Waals surface area contributed by atoms with E-state index in [4.69, 9.17) is 0 Å². The van der Waals surface area contributed by atoms with Gasteiger partial charge in [0.1, 0.15) is 5.82 Å². The Morgan fingerprint density at radius 2 is 1.96 bits per heavy atom. The molecule has 1 heterocycles. The summed E-state index contributed by atoms with van der Waals surface area (Å²) in [5.74, 6) is -0.0634. The van der Waals surface area contributed by atoms with Crippen LogP contribution < -0.4 is 16.0 Å². The van der Waals surface area contributed by atoms with Crippen LogP contribution in [0.3, 0.4) is 0 Å². The number of piperidine rings is 1. The Balaban J connectivity index is 1.77. The lowest BCUT2D eigenvalue weighted by atomic mass is 9.98. The van der Waals surface area contributed by atoms with E-state index in [0.29, 0.717) is 11.6 Å². The van der Waals surface area contributed by atoms with Crippen LogP contribution in [0.4, 0.5) is 10.1 Å². The molecule has 0 spiro atoms. The largest absolute Gasteiger partial charge is 0.355 e. The zero-order chi connectivity index (χ0) is 19.0. The molecule has 2 rings (SSSR count). The molecule has 1 fully saturated rings. The maximum Gasteiger partial charge on any atom is 0.243 e. The summed E-state index contributed by atoms with van der Waals surface area (Å²) >= 11 is 0. The van der Waals surface area contributed by atoms with Crippen molar-refractivity contribution >= 4 is 17.6 Å². The van der Waals surface area contributed by atoms with Gasteiger partial charge in [-0.2, -0.15) is 0 Å². The Morgan fingerprint density at radius 3 is 2.62 bits per heavy atom. The molecular formula is C19H30FN5O. The number of hydrogen-bond donors (Lipinski definition) is 3. The van der Waals surface area contributed by atoms with Crippen LogP contribution in [-0.2, 0) is 4.79 Å². The second-order valence-corrected chi connectivity index (χ2v) is 7.20. The van der Waals surface area contributed by atoms with Crippen molar-refractivity contribution < 1.29 is 9.18 Å². The minimum absolute atomic E-state index is 0.0157. The van der Waals surface area contributed by atoms with Gasteiger partial charge < -0.3 is 16.0 Å². The lowest BCUT2D eigenvalue weighted by Crippen LogP contribution is -2.55. The zero-order valence-electron chi connectivity index (χ0n) is 15.9. The monoisotopic (exact) mass is 363 g/mol. The van der Waals surface area contributed by atoms with E-state index in [2.05, 4.69) is 39.7 Å². The molecular weight excluding hydrogens is 333 g/mol. The van der Waals surface area contributed by atoms with Crippen molar-refractivity contribution in [3.05, 3.63) is 30.1 Å². The van der Waals surface area contributed by atoms with Crippen LogP contribution in [0, 0.1) is 5.82 Å². The number of nitrogens with zero attached hydrogens (tertiary/aromatic N) is 2. The lowest BCUT2D eigenvalue weighted by molar-refractivity contribution is -0.115. The van der Waals surface area contributed by atoms with Crippen molar-refractivity contribution in [2.45, 2.75) is 38.6 Å². The topological polar surface area (TPSA) is 68.8 Å². The Labute approximate surface area is 155 Å². The van der Waals surface area contributed by atoms with Crippen molar-refractivity contribution in [1.29, 1.82) is 0 Å². The van der Waals surface area contributed by atoms with E-state index in [-0.39, 0.29) is 23.8 Å². The van der Waals surface area contributed by atoms with Gasteiger partial charge in [0.25, 0.3) is 0 Å². The first-order valence-corrected chi connectivity index (χ1v) is 9.16. The number of benzene rings is 1. The van der Waals surface area contributed by atoms with E-state index in [1.807, 2.05) is 0 Å². The molecule has 0 aromatic heterocycles. The van der Waals surface area contributed by atoms with E-state index >= 15 is 0 Å². The molecule has 6 nitrogen and oxygen atoms in total. The number of aliphatic imine (C=N–C) groups is 1. The minimum Gasteiger partial charge on any atom is -0.355 e. The smallest absolute Gasteiger partial charge is 0.243 e.